The topological polar surface area (TPSA) is 96.4 Å². The third-order valence-electron chi connectivity index (χ3n) is 2.01. The smallest absolute Gasteiger partial charge is 0.346 e. The molecule has 9 heteroatoms. The van der Waals surface area contributed by atoms with E-state index in [4.69, 9.17) is 5.11 Å². The second-order valence-corrected chi connectivity index (χ2v) is 7.18. The maximum atomic E-state index is 12.0. The molecule has 0 spiro atoms. The third-order valence-corrected chi connectivity index (χ3v) is 5.86. The fourth-order valence-electron chi connectivity index (χ4n) is 1.24. The molecule has 0 saturated heterocycles. The summed E-state index contributed by atoms with van der Waals surface area (Å²) in [6.07, 6.45) is 1.48. The molecule has 2 aromatic heterocycles. The van der Waals surface area contributed by atoms with Crippen LogP contribution in [-0.4, -0.2) is 24.5 Å². The van der Waals surface area contributed by atoms with Crippen molar-refractivity contribution in [1.29, 1.82) is 0 Å². The molecule has 0 saturated carbocycles. The Labute approximate surface area is 111 Å². The first-order chi connectivity index (χ1) is 8.40. The number of aromatic carboxylic acids is 1. The van der Waals surface area contributed by atoms with Crippen LogP contribution in [0.3, 0.4) is 0 Å². The Hall–Kier alpha value is -1.45. The zero-order chi connectivity index (χ0) is 13.3. The van der Waals surface area contributed by atoms with Gasteiger partial charge in [-0.3, -0.25) is 4.72 Å². The molecule has 0 aliphatic heterocycles. The van der Waals surface area contributed by atoms with Gasteiger partial charge >= 0.3 is 5.97 Å². The molecule has 2 heterocycles. The molecule has 2 N–H and O–H groups in total. The summed E-state index contributed by atoms with van der Waals surface area (Å²) < 4.78 is 26.2. The summed E-state index contributed by atoms with van der Waals surface area (Å²) in [5, 5.41) is 10.8. The first-order valence-corrected chi connectivity index (χ1v) is 7.84. The van der Waals surface area contributed by atoms with Gasteiger partial charge in [0.05, 0.1) is 0 Å². The van der Waals surface area contributed by atoms with E-state index in [1.54, 1.807) is 12.3 Å². The molecule has 6 nitrogen and oxygen atoms in total. The van der Waals surface area contributed by atoms with Gasteiger partial charge in [0.15, 0.2) is 5.13 Å². The predicted octanol–water partition coefficient (Wildman–Crippen LogP) is 2.01. The fourth-order valence-corrected chi connectivity index (χ4v) is 4.40. The lowest BCUT2D eigenvalue weighted by atomic mass is 10.3. The zero-order valence-corrected chi connectivity index (χ0v) is 11.5. The van der Waals surface area contributed by atoms with Crippen molar-refractivity contribution in [2.75, 3.05) is 4.72 Å². The summed E-state index contributed by atoms with van der Waals surface area (Å²) >= 11 is 1.87. The maximum absolute atomic E-state index is 12.0. The second-order valence-electron chi connectivity index (χ2n) is 3.33. The maximum Gasteiger partial charge on any atom is 0.346 e. The molecular formula is C9H8N2O4S3. The lowest BCUT2D eigenvalue weighted by Crippen LogP contribution is -2.11. The molecule has 96 valence electrons. The Bertz CT molecular complexity index is 673. The summed E-state index contributed by atoms with van der Waals surface area (Å²) in [5.41, 5.74) is 0.423. The molecule has 0 aliphatic carbocycles. The lowest BCUT2D eigenvalue weighted by Gasteiger charge is -2.01. The molecule has 0 amide bonds. The number of carbonyl (C=O) groups is 1. The summed E-state index contributed by atoms with van der Waals surface area (Å²) in [6.45, 7) is 1.56. The van der Waals surface area contributed by atoms with Crippen LogP contribution in [0.2, 0.25) is 0 Å². The molecule has 2 rings (SSSR count). The highest BCUT2D eigenvalue weighted by Gasteiger charge is 2.22. The van der Waals surface area contributed by atoms with Gasteiger partial charge in [-0.1, -0.05) is 0 Å². The lowest BCUT2D eigenvalue weighted by molar-refractivity contribution is 0.0701. The van der Waals surface area contributed by atoms with E-state index in [0.29, 0.717) is 5.56 Å². The van der Waals surface area contributed by atoms with Crippen molar-refractivity contribution in [3.05, 3.63) is 28.1 Å². The van der Waals surface area contributed by atoms with Crippen LogP contribution in [-0.2, 0) is 10.0 Å². The quantitative estimate of drug-likeness (QED) is 0.900. The zero-order valence-electron chi connectivity index (χ0n) is 9.08. The number of nitrogens with one attached hydrogen (secondary N) is 1. The largest absolute Gasteiger partial charge is 0.477 e. The van der Waals surface area contributed by atoms with Crippen LogP contribution in [0.25, 0.3) is 0 Å². The van der Waals surface area contributed by atoms with Crippen molar-refractivity contribution in [1.82, 2.24) is 4.98 Å². The minimum atomic E-state index is -3.77. The van der Waals surface area contributed by atoms with Crippen molar-refractivity contribution >= 4 is 43.8 Å². The Morgan fingerprint density at radius 3 is 2.72 bits per heavy atom. The van der Waals surface area contributed by atoms with E-state index in [2.05, 4.69) is 9.71 Å². The molecule has 0 aromatic carbocycles. The van der Waals surface area contributed by atoms with Crippen LogP contribution in [0.5, 0.6) is 0 Å². The van der Waals surface area contributed by atoms with Gasteiger partial charge in [0.1, 0.15) is 9.09 Å². The van der Waals surface area contributed by atoms with Crippen LogP contribution in [0.4, 0.5) is 5.13 Å². The number of hydrogen-bond acceptors (Lipinski definition) is 6. The van der Waals surface area contributed by atoms with Gasteiger partial charge in [-0.2, -0.15) is 0 Å². The van der Waals surface area contributed by atoms with Gasteiger partial charge in [-0.25, -0.2) is 18.2 Å². The molecule has 0 fully saturated rings. The Morgan fingerprint density at radius 1 is 1.50 bits per heavy atom. The number of aryl methyl sites for hydroxylation is 1. The second kappa shape index (κ2) is 4.67. The molecular weight excluding hydrogens is 296 g/mol. The van der Waals surface area contributed by atoms with Crippen molar-refractivity contribution in [3.8, 4) is 0 Å². The number of sulfonamides is 1. The number of carboxylic acid groups (broad SMARTS) is 1. The van der Waals surface area contributed by atoms with E-state index < -0.39 is 16.0 Å². The van der Waals surface area contributed by atoms with E-state index in [1.165, 1.54) is 12.3 Å². The van der Waals surface area contributed by atoms with Gasteiger partial charge < -0.3 is 5.11 Å². The number of hydrogen-bond donors (Lipinski definition) is 2. The highest BCUT2D eigenvalue weighted by molar-refractivity contribution is 7.94. The normalized spacial score (nSPS) is 11.4. The van der Waals surface area contributed by atoms with Gasteiger partial charge in [0.2, 0.25) is 0 Å². The Morgan fingerprint density at radius 2 is 2.22 bits per heavy atom. The average molecular weight is 304 g/mol. The van der Waals surface area contributed by atoms with E-state index in [9.17, 15) is 13.2 Å². The van der Waals surface area contributed by atoms with Crippen LogP contribution in [0.15, 0.2) is 21.9 Å². The first kappa shape index (κ1) is 13.0. The van der Waals surface area contributed by atoms with Crippen LogP contribution < -0.4 is 4.72 Å². The number of rotatable bonds is 4. The predicted molar refractivity (Wildman–Crippen MR) is 68.9 cm³/mol. The van der Waals surface area contributed by atoms with Crippen molar-refractivity contribution < 1.29 is 18.3 Å². The summed E-state index contributed by atoms with van der Waals surface area (Å²) in [7, 11) is -3.77. The molecule has 18 heavy (non-hydrogen) atoms. The SMILES string of the molecule is Cc1cc(S(=O)(=O)Nc2nccs2)sc1C(=O)O. The van der Waals surface area contributed by atoms with Crippen molar-refractivity contribution in [2.45, 2.75) is 11.1 Å². The van der Waals surface area contributed by atoms with Crippen molar-refractivity contribution in [3.63, 3.8) is 0 Å². The first-order valence-electron chi connectivity index (χ1n) is 4.66. The van der Waals surface area contributed by atoms with Crippen LogP contribution in [0.1, 0.15) is 15.2 Å². The molecule has 0 aliphatic rings. The number of nitrogens with zero attached hydrogens (tertiary/aromatic N) is 1. The van der Waals surface area contributed by atoms with E-state index in [-0.39, 0.29) is 14.2 Å². The molecule has 0 radical (unpaired) electrons. The molecule has 2 aromatic rings. The standard InChI is InChI=1S/C9H8N2O4S3/c1-5-4-6(17-7(5)8(12)13)18(14,15)11-9-10-2-3-16-9/h2-4H,1H3,(H,10,11)(H,12,13). The van der Waals surface area contributed by atoms with E-state index >= 15 is 0 Å². The summed E-state index contributed by atoms with van der Waals surface area (Å²) in [4.78, 5) is 14.7. The Balaban J connectivity index is 2.36. The highest BCUT2D eigenvalue weighted by atomic mass is 32.2. The van der Waals surface area contributed by atoms with Gasteiger partial charge in [0, 0.05) is 11.6 Å². The minimum absolute atomic E-state index is 0.0227. The number of thiazole rings is 1. The van der Waals surface area contributed by atoms with Crippen molar-refractivity contribution in [2.24, 2.45) is 0 Å². The van der Waals surface area contributed by atoms with Crippen LogP contribution >= 0.6 is 22.7 Å². The highest BCUT2D eigenvalue weighted by Crippen LogP contribution is 2.28. The van der Waals surface area contributed by atoms with Gasteiger partial charge in [0.25, 0.3) is 10.0 Å². The molecule has 0 atom stereocenters. The summed E-state index contributed by atoms with van der Waals surface area (Å²) in [6, 6.07) is 1.34. The molecule has 0 unspecified atom stereocenters. The number of thiophene rings is 1. The van der Waals surface area contributed by atoms with Gasteiger partial charge in [-0.05, 0) is 18.6 Å². The van der Waals surface area contributed by atoms with Gasteiger partial charge in [-0.15, -0.1) is 22.7 Å². The average Bonchev–Trinajstić information content (AvgIpc) is 2.86. The number of anilines is 1. The number of carboxylic acids is 1. The Kier molecular flexibility index (Phi) is 3.37. The fraction of sp³-hybridized carbons (Fsp3) is 0.111. The van der Waals surface area contributed by atoms with E-state index in [0.717, 1.165) is 22.7 Å². The minimum Gasteiger partial charge on any atom is -0.477 e. The molecule has 0 bridgehead atoms. The van der Waals surface area contributed by atoms with Crippen LogP contribution in [0, 0.1) is 6.92 Å². The monoisotopic (exact) mass is 304 g/mol. The summed E-state index contributed by atoms with van der Waals surface area (Å²) in [5.74, 6) is -1.13. The third kappa shape index (κ3) is 2.52. The number of aromatic nitrogens is 1. The van der Waals surface area contributed by atoms with E-state index in [1.807, 2.05) is 0 Å².